The molecule has 21 heavy (non-hydrogen) atoms. The monoisotopic (exact) mass is 294 g/mol. The van der Waals surface area contributed by atoms with Gasteiger partial charge < -0.3 is 20.4 Å². The van der Waals surface area contributed by atoms with E-state index in [1.165, 1.54) is 0 Å². The summed E-state index contributed by atoms with van der Waals surface area (Å²) in [5.74, 6) is 7.58. The summed E-state index contributed by atoms with van der Waals surface area (Å²) < 4.78 is 5.07. The first-order valence-corrected chi connectivity index (χ1v) is 6.98. The molecule has 4 N–H and O–H groups in total. The number of anilines is 2. The van der Waals surface area contributed by atoms with E-state index >= 15 is 0 Å². The van der Waals surface area contributed by atoms with E-state index in [1.54, 1.807) is 20.2 Å². The normalized spacial score (nSPS) is 15.9. The number of aromatic nitrogens is 2. The quantitative estimate of drug-likeness (QED) is 0.513. The predicted octanol–water partition coefficient (Wildman–Crippen LogP) is -0.129. The Bertz CT molecular complexity index is 488. The fourth-order valence-corrected chi connectivity index (χ4v) is 2.49. The van der Waals surface area contributed by atoms with Crippen molar-refractivity contribution in [2.75, 3.05) is 37.6 Å². The molecule has 0 atom stereocenters. The number of nitrogens with two attached hydrogens (primary N) is 1. The van der Waals surface area contributed by atoms with E-state index in [0.717, 1.165) is 31.7 Å². The number of nitrogens with zero attached hydrogens (tertiary/aromatic N) is 3. The zero-order chi connectivity index (χ0) is 15.2. The molecule has 0 saturated carbocycles. The second-order valence-electron chi connectivity index (χ2n) is 4.98. The van der Waals surface area contributed by atoms with E-state index in [0.29, 0.717) is 18.2 Å². The number of hydrazine groups is 1. The van der Waals surface area contributed by atoms with Crippen molar-refractivity contribution in [2.24, 2.45) is 11.8 Å². The molecule has 0 spiro atoms. The van der Waals surface area contributed by atoms with Crippen molar-refractivity contribution in [3.05, 3.63) is 11.9 Å². The fraction of sp³-hybridized carbons (Fsp3) is 0.615. The van der Waals surface area contributed by atoms with Crippen LogP contribution in [0.3, 0.4) is 0 Å². The molecule has 1 aliphatic heterocycles. The summed E-state index contributed by atoms with van der Waals surface area (Å²) in [5.41, 5.74) is 2.54. The number of nitrogen functional groups attached to an aromatic ring is 1. The van der Waals surface area contributed by atoms with Gasteiger partial charge in [-0.05, 0) is 12.8 Å². The van der Waals surface area contributed by atoms with Crippen molar-refractivity contribution in [2.45, 2.75) is 19.4 Å². The van der Waals surface area contributed by atoms with E-state index < -0.39 is 0 Å². The maximum Gasteiger partial charge on any atom is 0.222 e. The molecule has 0 aromatic carbocycles. The number of rotatable bonds is 5. The van der Waals surface area contributed by atoms with Gasteiger partial charge in [0.15, 0.2) is 5.82 Å². The van der Waals surface area contributed by atoms with Gasteiger partial charge in [-0.3, -0.25) is 4.79 Å². The van der Waals surface area contributed by atoms with E-state index in [9.17, 15) is 4.79 Å². The molecule has 1 aromatic rings. The topological polar surface area (TPSA) is 105 Å². The lowest BCUT2D eigenvalue weighted by Gasteiger charge is -2.32. The second kappa shape index (κ2) is 7.19. The van der Waals surface area contributed by atoms with Gasteiger partial charge in [0, 0.05) is 39.2 Å². The van der Waals surface area contributed by atoms with Crippen molar-refractivity contribution < 1.29 is 9.53 Å². The van der Waals surface area contributed by atoms with Crippen LogP contribution in [0.4, 0.5) is 11.6 Å². The lowest BCUT2D eigenvalue weighted by Crippen LogP contribution is -2.40. The second-order valence-corrected chi connectivity index (χ2v) is 4.98. The number of carbonyl (C=O) groups excluding carboxylic acids is 1. The molecule has 8 nitrogen and oxygen atoms in total. The number of piperidine rings is 1. The summed E-state index contributed by atoms with van der Waals surface area (Å²) in [6.45, 7) is 1.90. The van der Waals surface area contributed by atoms with Crippen molar-refractivity contribution in [1.29, 1.82) is 0 Å². The van der Waals surface area contributed by atoms with Crippen LogP contribution in [0.1, 0.15) is 18.7 Å². The van der Waals surface area contributed by atoms with Gasteiger partial charge in [-0.25, -0.2) is 15.8 Å². The Morgan fingerprint density at radius 3 is 2.76 bits per heavy atom. The zero-order valence-corrected chi connectivity index (χ0v) is 12.4. The molecular weight excluding hydrogens is 272 g/mol. The zero-order valence-electron chi connectivity index (χ0n) is 12.4. The van der Waals surface area contributed by atoms with Crippen molar-refractivity contribution >= 4 is 17.5 Å². The summed E-state index contributed by atoms with van der Waals surface area (Å²) in [6, 6.07) is 1.80. The van der Waals surface area contributed by atoms with Crippen LogP contribution in [-0.2, 0) is 16.1 Å². The molecule has 1 fully saturated rings. The summed E-state index contributed by atoms with van der Waals surface area (Å²) in [4.78, 5) is 22.5. The third-order valence-corrected chi connectivity index (χ3v) is 3.62. The first kappa shape index (κ1) is 15.5. The highest BCUT2D eigenvalue weighted by Gasteiger charge is 2.25. The molecule has 0 unspecified atom stereocenters. The molecule has 8 heteroatoms. The number of amides is 1. The smallest absolute Gasteiger partial charge is 0.222 e. The van der Waals surface area contributed by atoms with Crippen LogP contribution in [-0.4, -0.2) is 43.1 Å². The van der Waals surface area contributed by atoms with E-state index in [1.807, 2.05) is 0 Å². The van der Waals surface area contributed by atoms with E-state index in [-0.39, 0.29) is 11.8 Å². The number of hydrogen-bond acceptors (Lipinski definition) is 7. The third-order valence-electron chi connectivity index (χ3n) is 3.62. The Balaban J connectivity index is 2.08. The highest BCUT2D eigenvalue weighted by molar-refractivity contribution is 5.78. The molecule has 116 valence electrons. The van der Waals surface area contributed by atoms with Gasteiger partial charge in [0.25, 0.3) is 0 Å². The minimum atomic E-state index is 0.0821. The number of hydrogen-bond donors (Lipinski definition) is 3. The van der Waals surface area contributed by atoms with Gasteiger partial charge in [-0.1, -0.05) is 0 Å². The minimum absolute atomic E-state index is 0.0821. The Labute approximate surface area is 124 Å². The lowest BCUT2D eigenvalue weighted by atomic mass is 9.96. The number of nitrogens with one attached hydrogen (secondary N) is 2. The molecule has 0 aliphatic carbocycles. The number of carbonyl (C=O) groups is 1. The predicted molar refractivity (Wildman–Crippen MR) is 79.6 cm³/mol. The first-order chi connectivity index (χ1) is 10.2. The van der Waals surface area contributed by atoms with Gasteiger partial charge in [0.1, 0.15) is 18.2 Å². The summed E-state index contributed by atoms with van der Waals surface area (Å²) in [7, 11) is 3.27. The largest absolute Gasteiger partial charge is 0.377 e. The number of methoxy groups -OCH3 is 1. The maximum absolute atomic E-state index is 11.7. The molecule has 1 saturated heterocycles. The third kappa shape index (κ3) is 3.79. The van der Waals surface area contributed by atoms with Gasteiger partial charge in [-0.15, -0.1) is 0 Å². The van der Waals surface area contributed by atoms with Crippen LogP contribution in [0.2, 0.25) is 0 Å². The average molecular weight is 294 g/mol. The van der Waals surface area contributed by atoms with Gasteiger partial charge in [0.2, 0.25) is 5.91 Å². The molecule has 2 heterocycles. The standard InChI is InChI=1S/C13H22N6O2/c1-15-13(20)9-3-5-19(6-4-9)12-7-10(18-14)16-11(17-12)8-21-2/h7,9H,3-6,8,14H2,1-2H3,(H,15,20)(H,16,17,18). The molecule has 1 aliphatic rings. The van der Waals surface area contributed by atoms with Crippen LogP contribution in [0.15, 0.2) is 6.07 Å². The molecule has 0 bridgehead atoms. The van der Waals surface area contributed by atoms with Crippen LogP contribution >= 0.6 is 0 Å². The summed E-state index contributed by atoms with van der Waals surface area (Å²) >= 11 is 0. The van der Waals surface area contributed by atoms with Gasteiger partial charge in [-0.2, -0.15) is 0 Å². The maximum atomic E-state index is 11.7. The first-order valence-electron chi connectivity index (χ1n) is 6.98. The molecular formula is C13H22N6O2. The lowest BCUT2D eigenvalue weighted by molar-refractivity contribution is -0.125. The van der Waals surface area contributed by atoms with Crippen molar-refractivity contribution in [1.82, 2.24) is 15.3 Å². The van der Waals surface area contributed by atoms with Gasteiger partial charge in [0.05, 0.1) is 0 Å². The Morgan fingerprint density at radius 1 is 1.48 bits per heavy atom. The minimum Gasteiger partial charge on any atom is -0.377 e. The Hall–Kier alpha value is -1.93. The fourth-order valence-electron chi connectivity index (χ4n) is 2.49. The Kier molecular flexibility index (Phi) is 5.29. The van der Waals surface area contributed by atoms with Crippen molar-refractivity contribution in [3.63, 3.8) is 0 Å². The molecule has 1 aromatic heterocycles. The van der Waals surface area contributed by atoms with Gasteiger partial charge >= 0.3 is 0 Å². The molecule has 0 radical (unpaired) electrons. The SMILES string of the molecule is CNC(=O)C1CCN(c2cc(NN)nc(COC)n2)CC1. The molecule has 1 amide bonds. The van der Waals surface area contributed by atoms with Crippen LogP contribution in [0, 0.1) is 5.92 Å². The van der Waals surface area contributed by atoms with Crippen molar-refractivity contribution in [3.8, 4) is 0 Å². The summed E-state index contributed by atoms with van der Waals surface area (Å²) in [6.07, 6.45) is 1.63. The molecule has 2 rings (SSSR count). The number of ether oxygens (including phenoxy) is 1. The van der Waals surface area contributed by atoms with Crippen LogP contribution < -0.4 is 21.5 Å². The summed E-state index contributed by atoms with van der Waals surface area (Å²) in [5, 5.41) is 2.71. The average Bonchev–Trinajstić information content (AvgIpc) is 2.54. The Morgan fingerprint density at radius 2 is 2.19 bits per heavy atom. The van der Waals surface area contributed by atoms with Crippen LogP contribution in [0.5, 0.6) is 0 Å². The van der Waals surface area contributed by atoms with E-state index in [4.69, 9.17) is 10.6 Å². The van der Waals surface area contributed by atoms with Crippen LogP contribution in [0.25, 0.3) is 0 Å². The highest BCUT2D eigenvalue weighted by atomic mass is 16.5. The van der Waals surface area contributed by atoms with E-state index in [2.05, 4.69) is 25.6 Å². The highest BCUT2D eigenvalue weighted by Crippen LogP contribution is 2.23.